The minimum atomic E-state index is -0.807. The molecule has 408 valence electrons. The van der Waals surface area contributed by atoms with Crippen LogP contribution >= 0.6 is 0 Å². The Hall–Kier alpha value is -3.41. The van der Waals surface area contributed by atoms with E-state index in [4.69, 9.17) is 14.2 Å². The van der Waals surface area contributed by atoms with Gasteiger partial charge in [-0.1, -0.05) is 241 Å². The lowest BCUT2D eigenvalue weighted by atomic mass is 10.0. The molecule has 0 aromatic carbocycles. The Balaban J connectivity index is 4.43. The number of allylic oxidation sites excluding steroid dienone is 14. The summed E-state index contributed by atoms with van der Waals surface area (Å²) in [5, 5.41) is 0. The summed E-state index contributed by atoms with van der Waals surface area (Å²) < 4.78 is 16.8. The summed E-state index contributed by atoms with van der Waals surface area (Å²) in [5.74, 6) is -0.965. The third-order valence-electron chi connectivity index (χ3n) is 12.8. The first-order valence-corrected chi connectivity index (χ1v) is 30.1. The minimum absolute atomic E-state index is 0.0990. The number of ether oxygens (including phenoxy) is 3. The largest absolute Gasteiger partial charge is 0.462 e. The third-order valence-corrected chi connectivity index (χ3v) is 12.8. The molecule has 0 radical (unpaired) electrons. The number of rotatable bonds is 54. The van der Waals surface area contributed by atoms with Crippen molar-refractivity contribution in [3.63, 3.8) is 0 Å². The monoisotopic (exact) mass is 989 g/mol. The Labute approximate surface area is 439 Å². The van der Waals surface area contributed by atoms with Gasteiger partial charge >= 0.3 is 17.9 Å². The predicted octanol–water partition coefficient (Wildman–Crippen LogP) is 20.3. The molecule has 0 unspecified atom stereocenters. The molecule has 6 heteroatoms. The molecule has 0 aliphatic rings. The molecule has 0 spiro atoms. The normalized spacial score (nSPS) is 12.7. The first kappa shape index (κ1) is 67.6. The molecule has 0 amide bonds. The van der Waals surface area contributed by atoms with Gasteiger partial charge in [-0.25, -0.2) is 0 Å². The molecule has 0 saturated heterocycles. The molecular formula is C65H112O6. The molecule has 0 N–H and O–H groups in total. The summed E-state index contributed by atoms with van der Waals surface area (Å²) >= 11 is 0. The van der Waals surface area contributed by atoms with Crippen LogP contribution in [0.15, 0.2) is 85.1 Å². The van der Waals surface area contributed by atoms with Gasteiger partial charge in [-0.05, 0) is 116 Å². The number of carbonyl (C=O) groups excluding carboxylic acids is 3. The van der Waals surface area contributed by atoms with E-state index in [9.17, 15) is 14.4 Å². The fourth-order valence-electron chi connectivity index (χ4n) is 8.28. The molecule has 0 bridgehead atoms. The van der Waals surface area contributed by atoms with Gasteiger partial charge in [0.25, 0.3) is 0 Å². The van der Waals surface area contributed by atoms with E-state index in [1.54, 1.807) is 0 Å². The fraction of sp³-hybridized carbons (Fsp3) is 0.738. The molecule has 0 fully saturated rings. The summed E-state index contributed by atoms with van der Waals surface area (Å²) in [6, 6.07) is 0. The van der Waals surface area contributed by atoms with Crippen LogP contribution in [0.5, 0.6) is 0 Å². The molecule has 0 aromatic rings. The van der Waals surface area contributed by atoms with E-state index < -0.39 is 6.10 Å². The average molecular weight is 990 g/mol. The van der Waals surface area contributed by atoms with Gasteiger partial charge in [0.1, 0.15) is 13.2 Å². The zero-order chi connectivity index (χ0) is 51.4. The molecule has 1 atom stereocenters. The Morgan fingerprint density at radius 2 is 0.521 bits per heavy atom. The summed E-state index contributed by atoms with van der Waals surface area (Å²) in [5.41, 5.74) is 0. The van der Waals surface area contributed by atoms with Crippen LogP contribution in [0.25, 0.3) is 0 Å². The summed E-state index contributed by atoms with van der Waals surface area (Å²) in [6.07, 6.45) is 77.2. The van der Waals surface area contributed by atoms with Crippen molar-refractivity contribution < 1.29 is 28.6 Å². The van der Waals surface area contributed by atoms with Gasteiger partial charge in [0.15, 0.2) is 6.10 Å². The lowest BCUT2D eigenvalue weighted by molar-refractivity contribution is -0.167. The van der Waals surface area contributed by atoms with E-state index in [1.807, 2.05) is 0 Å². The number of carbonyl (C=O) groups is 3. The number of esters is 3. The van der Waals surface area contributed by atoms with Crippen LogP contribution in [0.1, 0.15) is 290 Å². The average Bonchev–Trinajstić information content (AvgIpc) is 3.37. The molecule has 71 heavy (non-hydrogen) atoms. The van der Waals surface area contributed by atoms with Crippen molar-refractivity contribution >= 4 is 17.9 Å². The topological polar surface area (TPSA) is 78.9 Å². The minimum Gasteiger partial charge on any atom is -0.462 e. The van der Waals surface area contributed by atoms with E-state index in [1.165, 1.54) is 154 Å². The van der Waals surface area contributed by atoms with Crippen LogP contribution in [-0.4, -0.2) is 37.2 Å². The number of hydrogen-bond donors (Lipinski definition) is 0. The second-order valence-electron chi connectivity index (χ2n) is 19.9. The molecule has 0 saturated carbocycles. The zero-order valence-corrected chi connectivity index (χ0v) is 46.7. The summed E-state index contributed by atoms with van der Waals surface area (Å²) in [4.78, 5) is 38.2. The van der Waals surface area contributed by atoms with E-state index in [2.05, 4.69) is 106 Å². The molecule has 0 aliphatic carbocycles. The van der Waals surface area contributed by atoms with Gasteiger partial charge in [-0.15, -0.1) is 0 Å². The second-order valence-corrected chi connectivity index (χ2v) is 19.9. The van der Waals surface area contributed by atoms with Crippen LogP contribution in [0, 0.1) is 0 Å². The van der Waals surface area contributed by atoms with Crippen molar-refractivity contribution in [3.8, 4) is 0 Å². The predicted molar refractivity (Wildman–Crippen MR) is 307 cm³/mol. The van der Waals surface area contributed by atoms with Crippen molar-refractivity contribution in [3.05, 3.63) is 85.1 Å². The van der Waals surface area contributed by atoms with Gasteiger partial charge in [-0.3, -0.25) is 14.4 Å². The number of hydrogen-bond acceptors (Lipinski definition) is 6. The first-order valence-electron chi connectivity index (χ1n) is 30.1. The summed E-state index contributed by atoms with van der Waals surface area (Å²) in [6.45, 7) is 6.54. The molecule has 0 rings (SSSR count). The van der Waals surface area contributed by atoms with Crippen LogP contribution < -0.4 is 0 Å². The van der Waals surface area contributed by atoms with Crippen LogP contribution in [0.4, 0.5) is 0 Å². The van der Waals surface area contributed by atoms with Gasteiger partial charge in [0.05, 0.1) is 0 Å². The molecule has 6 nitrogen and oxygen atoms in total. The van der Waals surface area contributed by atoms with Crippen LogP contribution in [-0.2, 0) is 28.6 Å². The second kappa shape index (κ2) is 59.2. The molecule has 0 aliphatic heterocycles. The molecule has 0 aromatic heterocycles. The van der Waals surface area contributed by atoms with Gasteiger partial charge in [0.2, 0.25) is 0 Å². The Morgan fingerprint density at radius 3 is 0.887 bits per heavy atom. The quantitative estimate of drug-likeness (QED) is 0.0261. The van der Waals surface area contributed by atoms with Crippen molar-refractivity contribution in [1.82, 2.24) is 0 Å². The number of unbranched alkanes of at least 4 members (excludes halogenated alkanes) is 29. The van der Waals surface area contributed by atoms with Crippen molar-refractivity contribution in [2.45, 2.75) is 297 Å². The highest BCUT2D eigenvalue weighted by Gasteiger charge is 2.19. The van der Waals surface area contributed by atoms with Gasteiger partial charge in [0, 0.05) is 19.3 Å². The first-order chi connectivity index (χ1) is 35.0. The van der Waals surface area contributed by atoms with Gasteiger partial charge in [-0.2, -0.15) is 0 Å². The maximum atomic E-state index is 12.9. The lowest BCUT2D eigenvalue weighted by Gasteiger charge is -2.18. The Morgan fingerprint density at radius 1 is 0.282 bits per heavy atom. The van der Waals surface area contributed by atoms with Crippen LogP contribution in [0.2, 0.25) is 0 Å². The highest BCUT2D eigenvalue weighted by Crippen LogP contribution is 2.15. The van der Waals surface area contributed by atoms with Crippen molar-refractivity contribution in [2.75, 3.05) is 13.2 Å². The SMILES string of the molecule is CCCCC/C=C\C/C=C\C/C=C\C/C=C\CCCC(=O)OC[C@H](COC(=O)CCCCCCCCCCCCC/C=C\CCCCCCCC)OC(=O)CCCCCCC/C=C\C/C=C\CCCCC. The standard InChI is InChI=1S/C65H112O6/c1-4-7-10-13-16-19-22-25-28-30-31-32-33-35-38-40-43-46-49-52-55-58-64(67)70-61-62(71-65(68)59-56-53-50-47-44-41-36-27-24-21-18-15-12-9-6-3)60-69-63(66)57-54-51-48-45-42-39-37-34-29-26-23-20-17-14-11-8-5-2/h17-18,20-21,25-29,36-37,39,45,48,62H,4-16,19,22-24,30-35,38,40-44,46-47,49-61H2,1-3H3/b20-17-,21-18-,28-25-,29-26-,36-27-,39-37-,48-45-/t62-/m1/s1. The van der Waals surface area contributed by atoms with Gasteiger partial charge < -0.3 is 14.2 Å². The highest BCUT2D eigenvalue weighted by atomic mass is 16.6. The zero-order valence-electron chi connectivity index (χ0n) is 46.7. The maximum Gasteiger partial charge on any atom is 0.306 e. The van der Waals surface area contributed by atoms with E-state index >= 15 is 0 Å². The van der Waals surface area contributed by atoms with Crippen molar-refractivity contribution in [2.24, 2.45) is 0 Å². The molecular weight excluding hydrogens is 877 g/mol. The molecule has 0 heterocycles. The highest BCUT2D eigenvalue weighted by molar-refractivity contribution is 5.71. The van der Waals surface area contributed by atoms with E-state index in [-0.39, 0.29) is 37.5 Å². The lowest BCUT2D eigenvalue weighted by Crippen LogP contribution is -2.30. The van der Waals surface area contributed by atoms with E-state index in [0.717, 1.165) is 89.9 Å². The fourth-order valence-corrected chi connectivity index (χ4v) is 8.28. The Kier molecular flexibility index (Phi) is 56.3. The van der Waals surface area contributed by atoms with E-state index in [0.29, 0.717) is 19.3 Å². The van der Waals surface area contributed by atoms with Crippen LogP contribution in [0.3, 0.4) is 0 Å². The smallest absolute Gasteiger partial charge is 0.306 e. The third kappa shape index (κ3) is 57.4. The Bertz CT molecular complexity index is 1370. The summed E-state index contributed by atoms with van der Waals surface area (Å²) in [7, 11) is 0. The van der Waals surface area contributed by atoms with Crippen molar-refractivity contribution in [1.29, 1.82) is 0 Å². The maximum absolute atomic E-state index is 12.9.